The van der Waals surface area contributed by atoms with Crippen molar-refractivity contribution in [1.82, 2.24) is 19.7 Å². The molecule has 7 rings (SSSR count). The minimum Gasteiger partial charge on any atom is -0.466 e. The largest absolute Gasteiger partial charge is 0.466 e. The lowest BCUT2D eigenvalue weighted by atomic mass is 9.77. The van der Waals surface area contributed by atoms with Crippen LogP contribution in [-0.4, -0.2) is 38.4 Å². The Kier molecular flexibility index (Phi) is 8.86. The highest BCUT2D eigenvalue weighted by Crippen LogP contribution is 2.44. The summed E-state index contributed by atoms with van der Waals surface area (Å²) < 4.78 is 53.1. The van der Waals surface area contributed by atoms with Gasteiger partial charge in [-0.1, -0.05) is 97.4 Å². The van der Waals surface area contributed by atoms with Crippen LogP contribution in [0.1, 0.15) is 49.3 Å². The summed E-state index contributed by atoms with van der Waals surface area (Å²) >= 11 is 0. The minimum absolute atomic E-state index is 0.00256. The van der Waals surface area contributed by atoms with Gasteiger partial charge in [0.15, 0.2) is 23.1 Å². The van der Waals surface area contributed by atoms with Gasteiger partial charge in [-0.05, 0) is 48.9 Å². The number of hydrogen-bond donors (Lipinski definition) is 1. The van der Waals surface area contributed by atoms with Crippen molar-refractivity contribution in [3.63, 3.8) is 0 Å². The maximum Gasteiger partial charge on any atom is 0.308 e. The first kappa shape index (κ1) is 32.1. The number of ether oxygens (including phenoxy) is 1. The molecule has 1 unspecified atom stereocenters. The highest BCUT2D eigenvalue weighted by Gasteiger charge is 2.42. The molecule has 49 heavy (non-hydrogen) atoms. The van der Waals surface area contributed by atoms with Crippen molar-refractivity contribution in [3.05, 3.63) is 143 Å². The summed E-state index contributed by atoms with van der Waals surface area (Å²) in [5.74, 6) is -3.29. The van der Waals surface area contributed by atoms with Crippen LogP contribution in [0.25, 0.3) is 22.4 Å². The highest BCUT2D eigenvalue weighted by atomic mass is 19.1. The monoisotopic (exact) mass is 661 g/mol. The number of esters is 1. The van der Waals surface area contributed by atoms with E-state index in [1.165, 1.54) is 6.07 Å². The smallest absolute Gasteiger partial charge is 0.308 e. The number of nitrogens with one attached hydrogen (secondary N) is 1. The maximum atomic E-state index is 15.9. The van der Waals surface area contributed by atoms with E-state index >= 15 is 8.78 Å². The van der Waals surface area contributed by atoms with Gasteiger partial charge in [0.25, 0.3) is 0 Å². The third-order valence-corrected chi connectivity index (χ3v) is 9.17. The number of halogens is 3. The summed E-state index contributed by atoms with van der Waals surface area (Å²) in [6.07, 6.45) is 3.60. The van der Waals surface area contributed by atoms with E-state index in [0.29, 0.717) is 19.3 Å². The first-order valence-electron chi connectivity index (χ1n) is 16.4. The molecule has 6 aromatic rings. The van der Waals surface area contributed by atoms with E-state index in [2.05, 4.69) is 15.3 Å². The van der Waals surface area contributed by atoms with Gasteiger partial charge in [0.1, 0.15) is 22.7 Å². The van der Waals surface area contributed by atoms with E-state index in [1.807, 2.05) is 91.0 Å². The summed E-state index contributed by atoms with van der Waals surface area (Å²) in [7, 11) is 0. The molecule has 2 atom stereocenters. The molecule has 10 heteroatoms. The molecule has 3 aromatic carbocycles. The minimum atomic E-state index is -1.15. The topological polar surface area (TPSA) is 81.9 Å². The fourth-order valence-electron chi connectivity index (χ4n) is 7.01. The van der Waals surface area contributed by atoms with E-state index in [-0.39, 0.29) is 52.8 Å². The molecular formula is C39H34F3N5O2. The van der Waals surface area contributed by atoms with Gasteiger partial charge in [-0.15, -0.1) is 0 Å². The maximum absolute atomic E-state index is 15.9. The summed E-state index contributed by atoms with van der Waals surface area (Å²) in [6.45, 7) is 2.03. The van der Waals surface area contributed by atoms with Gasteiger partial charge in [-0.2, -0.15) is 5.10 Å². The fourth-order valence-corrected chi connectivity index (χ4v) is 7.01. The second kappa shape index (κ2) is 13.5. The predicted molar refractivity (Wildman–Crippen MR) is 181 cm³/mol. The van der Waals surface area contributed by atoms with Gasteiger partial charge >= 0.3 is 5.97 Å². The molecule has 248 valence electrons. The van der Waals surface area contributed by atoms with Crippen LogP contribution in [0.15, 0.2) is 109 Å². The van der Waals surface area contributed by atoms with Crippen LogP contribution in [0.5, 0.6) is 0 Å². The van der Waals surface area contributed by atoms with E-state index < -0.39 is 23.0 Å². The van der Waals surface area contributed by atoms with Gasteiger partial charge in [-0.3, -0.25) is 4.79 Å². The number of benzene rings is 3. The summed E-state index contributed by atoms with van der Waals surface area (Å²) in [6, 6.07) is 30.8. The summed E-state index contributed by atoms with van der Waals surface area (Å²) in [5.41, 5.74) is 1.36. The van der Waals surface area contributed by atoms with Gasteiger partial charge < -0.3 is 10.1 Å². The fraction of sp³-hybridized carbons (Fsp3) is 0.231. The van der Waals surface area contributed by atoms with Crippen LogP contribution >= 0.6 is 0 Å². The lowest BCUT2D eigenvalue weighted by molar-refractivity contribution is -0.149. The van der Waals surface area contributed by atoms with Gasteiger partial charge in [0, 0.05) is 12.1 Å². The lowest BCUT2D eigenvalue weighted by Gasteiger charge is -2.36. The zero-order valence-corrected chi connectivity index (χ0v) is 26.8. The zero-order chi connectivity index (χ0) is 34.0. The quantitative estimate of drug-likeness (QED) is 0.124. The second-order valence-corrected chi connectivity index (χ2v) is 12.2. The molecule has 1 fully saturated rings. The number of carbonyl (C=O) groups is 1. The Balaban J connectivity index is 1.43. The average molecular weight is 662 g/mol. The Morgan fingerprint density at radius 3 is 2.06 bits per heavy atom. The first-order valence-corrected chi connectivity index (χ1v) is 16.4. The lowest BCUT2D eigenvalue weighted by Crippen LogP contribution is -2.38. The first-order chi connectivity index (χ1) is 23.9. The van der Waals surface area contributed by atoms with Crippen molar-refractivity contribution in [2.75, 3.05) is 11.9 Å². The standard InChI is InChI=1S/C39H34F3N5O2/c1-2-49-38(48)25-13-12-20-30(21-25)44-36-33(42)23-32(41)35(45-36)34-31-22-29(40)24-43-37(31)47(46-34)39(26-14-6-3-7-15-26,27-16-8-4-9-17-27)28-18-10-5-11-19-28/h3-11,14-19,22-25,30H,2,12-13,20-21H2,1H3,(H,44,45)/t25-,30?/m1/s1. The molecule has 0 spiro atoms. The number of hydrogen-bond acceptors (Lipinski definition) is 6. The molecule has 1 N–H and O–H groups in total. The number of carbonyl (C=O) groups excluding carboxylic acids is 1. The van der Waals surface area contributed by atoms with Crippen molar-refractivity contribution < 1.29 is 22.7 Å². The van der Waals surface area contributed by atoms with Crippen molar-refractivity contribution in [3.8, 4) is 11.4 Å². The molecule has 7 nitrogen and oxygen atoms in total. The normalized spacial score (nSPS) is 16.4. The zero-order valence-electron chi connectivity index (χ0n) is 26.8. The van der Waals surface area contributed by atoms with Crippen molar-refractivity contribution in [2.24, 2.45) is 5.92 Å². The third-order valence-electron chi connectivity index (χ3n) is 9.17. The Bertz CT molecular complexity index is 1990. The molecular weight excluding hydrogens is 627 g/mol. The molecule has 1 saturated carbocycles. The Morgan fingerprint density at radius 1 is 0.857 bits per heavy atom. The molecule has 0 aliphatic heterocycles. The Hall–Kier alpha value is -5.51. The number of fused-ring (bicyclic) bond motifs is 1. The number of anilines is 1. The van der Waals surface area contributed by atoms with E-state index in [4.69, 9.17) is 9.84 Å². The van der Waals surface area contributed by atoms with Crippen LogP contribution in [0, 0.1) is 23.4 Å². The van der Waals surface area contributed by atoms with E-state index in [0.717, 1.165) is 35.4 Å². The third kappa shape index (κ3) is 5.92. The molecule has 1 aliphatic carbocycles. The van der Waals surface area contributed by atoms with E-state index in [9.17, 15) is 9.18 Å². The van der Waals surface area contributed by atoms with Crippen LogP contribution in [0.3, 0.4) is 0 Å². The number of nitrogens with zero attached hydrogens (tertiary/aromatic N) is 4. The molecule has 0 amide bonds. The average Bonchev–Trinajstić information content (AvgIpc) is 3.50. The Morgan fingerprint density at radius 2 is 1.47 bits per heavy atom. The number of pyridine rings is 2. The van der Waals surface area contributed by atoms with Gasteiger partial charge in [0.05, 0.1) is 24.1 Å². The summed E-state index contributed by atoms with van der Waals surface area (Å²) in [4.78, 5) is 21.4. The number of rotatable bonds is 9. The van der Waals surface area contributed by atoms with Crippen molar-refractivity contribution in [2.45, 2.75) is 44.2 Å². The highest BCUT2D eigenvalue weighted by molar-refractivity contribution is 5.91. The molecule has 0 radical (unpaired) electrons. The number of aromatic nitrogens is 4. The molecule has 1 aliphatic rings. The van der Waals surface area contributed by atoms with Crippen LogP contribution in [0.2, 0.25) is 0 Å². The molecule has 3 heterocycles. The SMILES string of the molecule is CCOC(=O)[C@@H]1CCCC(Nc2nc(-c3nn(C(c4ccccc4)(c4ccccc4)c4ccccc4)c4ncc(F)cc34)c(F)cc2F)C1. The summed E-state index contributed by atoms with van der Waals surface area (Å²) in [5, 5.41) is 8.32. The van der Waals surface area contributed by atoms with Crippen LogP contribution in [0.4, 0.5) is 19.0 Å². The van der Waals surface area contributed by atoms with Crippen molar-refractivity contribution >= 4 is 22.8 Å². The van der Waals surface area contributed by atoms with E-state index in [1.54, 1.807) is 11.6 Å². The second-order valence-electron chi connectivity index (χ2n) is 12.2. The van der Waals surface area contributed by atoms with Gasteiger partial charge in [-0.25, -0.2) is 27.8 Å². The van der Waals surface area contributed by atoms with Crippen molar-refractivity contribution in [1.29, 1.82) is 0 Å². The predicted octanol–water partition coefficient (Wildman–Crippen LogP) is 8.28. The molecule has 0 saturated heterocycles. The van der Waals surface area contributed by atoms with Gasteiger partial charge in [0.2, 0.25) is 0 Å². The molecule has 0 bridgehead atoms. The Labute approximate surface area is 281 Å². The molecule has 3 aromatic heterocycles. The van der Waals surface area contributed by atoms with Crippen LogP contribution < -0.4 is 5.32 Å². The van der Waals surface area contributed by atoms with Crippen LogP contribution in [-0.2, 0) is 15.1 Å².